The van der Waals surface area contributed by atoms with Crippen LogP contribution in [0, 0.1) is 13.8 Å². The minimum absolute atomic E-state index is 0.229. The summed E-state index contributed by atoms with van der Waals surface area (Å²) in [6.07, 6.45) is 0. The van der Waals surface area contributed by atoms with Crippen LogP contribution in [-0.2, 0) is 0 Å². The summed E-state index contributed by atoms with van der Waals surface area (Å²) in [5.74, 6) is 1.32. The maximum Gasteiger partial charge on any atom is 0.291 e. The van der Waals surface area contributed by atoms with Crippen LogP contribution in [0.3, 0.4) is 0 Å². The van der Waals surface area contributed by atoms with E-state index in [-0.39, 0.29) is 11.7 Å². The van der Waals surface area contributed by atoms with Crippen LogP contribution in [-0.4, -0.2) is 20.1 Å². The average Bonchev–Trinajstić information content (AvgIpc) is 3.22. The van der Waals surface area contributed by atoms with Gasteiger partial charge in [-0.1, -0.05) is 18.2 Å². The normalized spacial score (nSPS) is 10.8. The van der Waals surface area contributed by atoms with Crippen LogP contribution in [0.15, 0.2) is 70.0 Å². The van der Waals surface area contributed by atoms with Crippen molar-refractivity contribution in [2.24, 2.45) is 0 Å². The zero-order chi connectivity index (χ0) is 22.7. The highest BCUT2D eigenvalue weighted by atomic mass is 32.2. The first-order valence-electron chi connectivity index (χ1n) is 10.0. The summed E-state index contributed by atoms with van der Waals surface area (Å²) in [6.45, 7) is 4.12. The molecule has 0 aliphatic rings. The van der Waals surface area contributed by atoms with E-state index in [2.05, 4.69) is 36.0 Å². The molecule has 0 aliphatic carbocycles. The third kappa shape index (κ3) is 4.53. The molecule has 0 bridgehead atoms. The molecule has 0 atom stereocenters. The van der Waals surface area contributed by atoms with Crippen molar-refractivity contribution in [1.82, 2.24) is 0 Å². The highest BCUT2D eigenvalue weighted by molar-refractivity contribution is 8.00. The van der Waals surface area contributed by atoms with E-state index < -0.39 is 0 Å². The fraction of sp³-hybridized carbons (Fsp3) is 0.160. The molecule has 0 spiro atoms. The highest BCUT2D eigenvalue weighted by Crippen LogP contribution is 2.34. The van der Waals surface area contributed by atoms with Crippen LogP contribution in [0.2, 0.25) is 0 Å². The van der Waals surface area contributed by atoms with Crippen molar-refractivity contribution in [3.63, 3.8) is 0 Å². The van der Waals surface area contributed by atoms with E-state index >= 15 is 0 Å². The monoisotopic (exact) mass is 448 g/mol. The lowest BCUT2D eigenvalue weighted by atomic mass is 10.1. The molecule has 1 heterocycles. The number of hydrogen-bond donors (Lipinski definition) is 2. The minimum atomic E-state index is -0.330. The van der Waals surface area contributed by atoms with Gasteiger partial charge < -0.3 is 23.9 Å². The molecule has 32 heavy (non-hydrogen) atoms. The number of aryl methyl sites for hydroxylation is 2. The van der Waals surface area contributed by atoms with Gasteiger partial charge in [0.2, 0.25) is 0 Å². The van der Waals surface area contributed by atoms with Crippen LogP contribution in [0.1, 0.15) is 21.7 Å². The Balaban J connectivity index is 1.53. The number of carbonyl (C=O) groups is 1. The van der Waals surface area contributed by atoms with Crippen LogP contribution < -0.4 is 19.5 Å². The van der Waals surface area contributed by atoms with Crippen molar-refractivity contribution in [2.75, 3.05) is 24.3 Å². The Kier molecular flexibility index (Phi) is 6.28. The molecule has 1 amide bonds. The SMILES string of the molecule is COc1ccc2oc(C(=O)Nc3ccc(OC)c(SNc4c(C)cccc4C)c3)cc2c1. The van der Waals surface area contributed by atoms with Crippen molar-refractivity contribution in [2.45, 2.75) is 18.7 Å². The summed E-state index contributed by atoms with van der Waals surface area (Å²) >= 11 is 1.43. The smallest absolute Gasteiger partial charge is 0.291 e. The van der Waals surface area contributed by atoms with E-state index in [1.54, 1.807) is 38.5 Å². The Bertz CT molecular complexity index is 1260. The predicted molar refractivity (Wildman–Crippen MR) is 129 cm³/mol. The lowest BCUT2D eigenvalue weighted by Gasteiger charge is -2.14. The van der Waals surface area contributed by atoms with Gasteiger partial charge in [0.05, 0.1) is 24.8 Å². The number of carbonyl (C=O) groups excluding carboxylic acids is 1. The Hall–Kier alpha value is -3.58. The Labute approximate surface area is 191 Å². The van der Waals surface area contributed by atoms with Gasteiger partial charge in [-0.3, -0.25) is 4.79 Å². The van der Waals surface area contributed by atoms with E-state index in [0.29, 0.717) is 22.8 Å². The summed E-state index contributed by atoms with van der Waals surface area (Å²) < 4.78 is 19.8. The molecule has 164 valence electrons. The maximum absolute atomic E-state index is 12.8. The van der Waals surface area contributed by atoms with Gasteiger partial charge >= 0.3 is 0 Å². The lowest BCUT2D eigenvalue weighted by molar-refractivity contribution is 0.0998. The first kappa shape index (κ1) is 21.6. The fourth-order valence-electron chi connectivity index (χ4n) is 3.37. The minimum Gasteiger partial charge on any atom is -0.497 e. The quantitative estimate of drug-likeness (QED) is 0.317. The van der Waals surface area contributed by atoms with E-state index in [4.69, 9.17) is 13.9 Å². The van der Waals surface area contributed by atoms with Crippen LogP contribution in [0.4, 0.5) is 11.4 Å². The second kappa shape index (κ2) is 9.28. The molecule has 0 radical (unpaired) electrons. The largest absolute Gasteiger partial charge is 0.497 e. The number of fused-ring (bicyclic) bond motifs is 1. The number of nitrogens with one attached hydrogen (secondary N) is 2. The Morgan fingerprint density at radius 1 is 0.938 bits per heavy atom. The lowest BCUT2D eigenvalue weighted by Crippen LogP contribution is -2.11. The van der Waals surface area contributed by atoms with Gasteiger partial charge in [0, 0.05) is 11.1 Å². The van der Waals surface area contributed by atoms with E-state index in [1.165, 1.54) is 11.9 Å². The predicted octanol–water partition coefficient (Wildman–Crippen LogP) is 6.44. The molecule has 0 aliphatic heterocycles. The van der Waals surface area contributed by atoms with Crippen molar-refractivity contribution in [1.29, 1.82) is 0 Å². The molecule has 6 nitrogen and oxygen atoms in total. The number of para-hydroxylation sites is 1. The van der Waals surface area contributed by atoms with Gasteiger partial charge in [0.1, 0.15) is 17.1 Å². The summed E-state index contributed by atoms with van der Waals surface area (Å²) in [5, 5.41) is 3.70. The molecular formula is C25H24N2O4S. The van der Waals surface area contributed by atoms with Crippen LogP contribution in [0.25, 0.3) is 11.0 Å². The number of methoxy groups -OCH3 is 2. The number of anilines is 2. The van der Waals surface area contributed by atoms with Gasteiger partial charge in [-0.2, -0.15) is 0 Å². The third-order valence-corrected chi connectivity index (χ3v) is 5.96. The van der Waals surface area contributed by atoms with E-state index in [0.717, 1.165) is 27.1 Å². The molecule has 0 fully saturated rings. The molecule has 2 N–H and O–H groups in total. The van der Waals surface area contributed by atoms with Crippen molar-refractivity contribution in [3.05, 3.63) is 77.6 Å². The van der Waals surface area contributed by atoms with Crippen molar-refractivity contribution in [3.8, 4) is 11.5 Å². The van der Waals surface area contributed by atoms with E-state index in [9.17, 15) is 4.79 Å². The third-order valence-electron chi connectivity index (χ3n) is 5.11. The molecule has 4 aromatic rings. The van der Waals surface area contributed by atoms with Crippen LogP contribution >= 0.6 is 11.9 Å². The Morgan fingerprint density at radius 3 is 2.44 bits per heavy atom. The van der Waals surface area contributed by atoms with Gasteiger partial charge in [-0.25, -0.2) is 0 Å². The summed E-state index contributed by atoms with van der Waals surface area (Å²) in [6, 6.07) is 18.8. The number of rotatable bonds is 7. The van der Waals surface area contributed by atoms with Gasteiger partial charge in [-0.05, 0) is 79.4 Å². The molecule has 0 unspecified atom stereocenters. The van der Waals surface area contributed by atoms with Gasteiger partial charge in [0.25, 0.3) is 5.91 Å². The number of furan rings is 1. The molecule has 0 saturated heterocycles. The zero-order valence-corrected chi connectivity index (χ0v) is 19.1. The summed E-state index contributed by atoms with van der Waals surface area (Å²) in [5.41, 5.74) is 4.64. The van der Waals surface area contributed by atoms with Crippen molar-refractivity contribution >= 4 is 40.2 Å². The standard InChI is InChI=1S/C25H24N2O4S/c1-15-6-5-7-16(2)24(15)27-32-23-14-18(8-10-21(23)30-4)26-25(28)22-13-17-12-19(29-3)9-11-20(17)31-22/h5-14,27H,1-4H3,(H,26,28). The number of ether oxygens (including phenoxy) is 2. The second-order valence-electron chi connectivity index (χ2n) is 7.31. The average molecular weight is 449 g/mol. The highest BCUT2D eigenvalue weighted by Gasteiger charge is 2.15. The molecule has 1 aromatic heterocycles. The Morgan fingerprint density at radius 2 is 1.72 bits per heavy atom. The van der Waals surface area contributed by atoms with Gasteiger partial charge in [0.15, 0.2) is 5.76 Å². The summed E-state index contributed by atoms with van der Waals surface area (Å²) in [4.78, 5) is 13.6. The van der Waals surface area contributed by atoms with Crippen molar-refractivity contribution < 1.29 is 18.7 Å². The second-order valence-corrected chi connectivity index (χ2v) is 8.15. The number of benzene rings is 3. The molecule has 4 rings (SSSR count). The number of hydrogen-bond acceptors (Lipinski definition) is 6. The molecular weight excluding hydrogens is 424 g/mol. The molecule has 3 aromatic carbocycles. The first-order chi connectivity index (χ1) is 15.5. The van der Waals surface area contributed by atoms with E-state index in [1.807, 2.05) is 24.3 Å². The fourth-order valence-corrected chi connectivity index (χ4v) is 4.34. The molecule has 0 saturated carbocycles. The zero-order valence-electron chi connectivity index (χ0n) is 18.3. The number of amides is 1. The van der Waals surface area contributed by atoms with Crippen LogP contribution in [0.5, 0.6) is 11.5 Å². The maximum atomic E-state index is 12.8. The molecule has 7 heteroatoms. The summed E-state index contributed by atoms with van der Waals surface area (Å²) in [7, 11) is 3.22. The first-order valence-corrected chi connectivity index (χ1v) is 10.9. The topological polar surface area (TPSA) is 72.7 Å². The van der Waals surface area contributed by atoms with Gasteiger partial charge in [-0.15, -0.1) is 0 Å².